The van der Waals surface area contributed by atoms with E-state index < -0.39 is 0 Å². The number of Topliss-reactive ketones (excluding diaryl/α,β-unsaturated/α-hetero) is 1. The van der Waals surface area contributed by atoms with E-state index in [2.05, 4.69) is 0 Å². The molecule has 0 aromatic rings. The van der Waals surface area contributed by atoms with E-state index in [0.717, 1.165) is 12.8 Å². The van der Waals surface area contributed by atoms with Crippen molar-refractivity contribution in [3.63, 3.8) is 0 Å². The minimum Gasteiger partial charge on any atom is -0.310 e. The maximum absolute atomic E-state index is 10.7. The highest BCUT2D eigenvalue weighted by Crippen LogP contribution is 2.06. The fourth-order valence-electron chi connectivity index (χ4n) is 0.636. The van der Waals surface area contributed by atoms with Crippen LogP contribution in [0.1, 0.15) is 33.6 Å². The summed E-state index contributed by atoms with van der Waals surface area (Å²) < 4.78 is 0. The van der Waals surface area contributed by atoms with Gasteiger partial charge in [-0.1, -0.05) is 6.92 Å². The molecular formula is C8H15NO. The van der Waals surface area contributed by atoms with Crippen molar-refractivity contribution in [3.05, 3.63) is 0 Å². The van der Waals surface area contributed by atoms with Crippen molar-refractivity contribution in [2.75, 3.05) is 0 Å². The molecule has 0 aliphatic rings. The predicted molar refractivity (Wildman–Crippen MR) is 42.5 cm³/mol. The summed E-state index contributed by atoms with van der Waals surface area (Å²) in [6, 6.07) is 0. The number of rotatable bonds is 4. The fourth-order valence-corrected chi connectivity index (χ4v) is 0.636. The normalized spacial score (nSPS) is 12.7. The van der Waals surface area contributed by atoms with Gasteiger partial charge in [0.1, 0.15) is 5.78 Å². The number of ketones is 1. The largest absolute Gasteiger partial charge is 0.310 e. The molecule has 58 valence electrons. The minimum absolute atomic E-state index is 0.125. The Labute approximate surface area is 62.1 Å². The lowest BCUT2D eigenvalue weighted by molar-refractivity contribution is -0.120. The molecule has 2 heteroatoms. The highest BCUT2D eigenvalue weighted by atomic mass is 16.1. The molecule has 1 N–H and O–H groups in total. The van der Waals surface area contributed by atoms with E-state index in [-0.39, 0.29) is 11.7 Å². The number of hydrogen-bond acceptors (Lipinski definition) is 2. The van der Waals surface area contributed by atoms with Crippen molar-refractivity contribution in [2.45, 2.75) is 33.6 Å². The Morgan fingerprint density at radius 3 is 2.30 bits per heavy atom. The lowest BCUT2D eigenvalue weighted by Crippen LogP contribution is -2.07. The average Bonchev–Trinajstić information content (AvgIpc) is 1.82. The first-order chi connectivity index (χ1) is 4.54. The molecule has 0 heterocycles. The zero-order valence-electron chi connectivity index (χ0n) is 6.90. The lowest BCUT2D eigenvalue weighted by atomic mass is 10.0. The van der Waals surface area contributed by atoms with Crippen LogP contribution in [0, 0.1) is 11.3 Å². The summed E-state index contributed by atoms with van der Waals surface area (Å²) in [5, 5.41) is 7.12. The smallest absolute Gasteiger partial charge is 0.132 e. The van der Waals surface area contributed by atoms with Gasteiger partial charge < -0.3 is 5.41 Å². The minimum atomic E-state index is 0.125. The topological polar surface area (TPSA) is 40.9 Å². The van der Waals surface area contributed by atoms with Gasteiger partial charge in [0.25, 0.3) is 0 Å². The van der Waals surface area contributed by atoms with Crippen LogP contribution in [0.4, 0.5) is 0 Å². The van der Waals surface area contributed by atoms with Crippen LogP contribution in [0.3, 0.4) is 0 Å². The van der Waals surface area contributed by atoms with Gasteiger partial charge in [0.15, 0.2) is 0 Å². The fraction of sp³-hybridized carbons (Fsp3) is 0.750. The summed E-state index contributed by atoms with van der Waals surface area (Å²) in [6.45, 7) is 5.28. The van der Waals surface area contributed by atoms with Crippen molar-refractivity contribution in [1.29, 1.82) is 5.41 Å². The SMILES string of the molecule is CC(=N)CCC(C)C(C)=O. The first-order valence-electron chi connectivity index (χ1n) is 3.58. The number of carbonyl (C=O) groups is 1. The summed E-state index contributed by atoms with van der Waals surface area (Å²) in [5.74, 6) is 0.349. The Hall–Kier alpha value is -0.660. The van der Waals surface area contributed by atoms with Gasteiger partial charge in [-0.25, -0.2) is 0 Å². The van der Waals surface area contributed by atoms with E-state index in [0.29, 0.717) is 5.71 Å². The summed E-state index contributed by atoms with van der Waals surface area (Å²) in [4.78, 5) is 10.7. The van der Waals surface area contributed by atoms with Gasteiger partial charge in [-0.3, -0.25) is 4.79 Å². The third-order valence-corrected chi connectivity index (χ3v) is 1.65. The Morgan fingerprint density at radius 1 is 1.50 bits per heavy atom. The van der Waals surface area contributed by atoms with Gasteiger partial charge in [-0.2, -0.15) is 0 Å². The third kappa shape index (κ3) is 4.24. The van der Waals surface area contributed by atoms with E-state index in [9.17, 15) is 4.79 Å². The van der Waals surface area contributed by atoms with Crippen LogP contribution in [-0.2, 0) is 4.79 Å². The number of hydrogen-bond donors (Lipinski definition) is 1. The maximum atomic E-state index is 10.7. The maximum Gasteiger partial charge on any atom is 0.132 e. The van der Waals surface area contributed by atoms with Crippen LogP contribution in [0.15, 0.2) is 0 Å². The van der Waals surface area contributed by atoms with E-state index >= 15 is 0 Å². The van der Waals surface area contributed by atoms with Gasteiger partial charge in [-0.05, 0) is 26.7 Å². The standard InChI is InChI=1S/C8H15NO/c1-6(8(3)10)4-5-7(2)9/h6,9H,4-5H2,1-3H3. The van der Waals surface area contributed by atoms with Gasteiger partial charge >= 0.3 is 0 Å². The van der Waals surface area contributed by atoms with Crippen LogP contribution in [0.25, 0.3) is 0 Å². The first kappa shape index (κ1) is 9.34. The van der Waals surface area contributed by atoms with Gasteiger partial charge in [0.05, 0.1) is 0 Å². The van der Waals surface area contributed by atoms with Gasteiger partial charge in [0, 0.05) is 11.6 Å². The zero-order valence-corrected chi connectivity index (χ0v) is 6.90. The number of carbonyl (C=O) groups excluding carboxylic acids is 1. The molecule has 0 aromatic carbocycles. The highest BCUT2D eigenvalue weighted by Gasteiger charge is 2.06. The molecule has 0 aliphatic heterocycles. The zero-order chi connectivity index (χ0) is 8.15. The van der Waals surface area contributed by atoms with Gasteiger partial charge in [-0.15, -0.1) is 0 Å². The third-order valence-electron chi connectivity index (χ3n) is 1.65. The molecule has 0 bridgehead atoms. The second-order valence-corrected chi connectivity index (χ2v) is 2.83. The molecular weight excluding hydrogens is 126 g/mol. The van der Waals surface area contributed by atoms with Crippen molar-refractivity contribution >= 4 is 11.5 Å². The second kappa shape index (κ2) is 4.20. The molecule has 0 aliphatic carbocycles. The van der Waals surface area contributed by atoms with Crippen LogP contribution in [0.5, 0.6) is 0 Å². The van der Waals surface area contributed by atoms with E-state index in [1.807, 2.05) is 6.92 Å². The lowest BCUT2D eigenvalue weighted by Gasteiger charge is -2.04. The van der Waals surface area contributed by atoms with Crippen LogP contribution >= 0.6 is 0 Å². The first-order valence-corrected chi connectivity index (χ1v) is 3.58. The van der Waals surface area contributed by atoms with Crippen LogP contribution in [0.2, 0.25) is 0 Å². The molecule has 10 heavy (non-hydrogen) atoms. The Balaban J connectivity index is 3.49. The molecule has 0 spiro atoms. The number of nitrogens with one attached hydrogen (secondary N) is 1. The molecule has 0 saturated carbocycles. The quantitative estimate of drug-likeness (QED) is 0.598. The highest BCUT2D eigenvalue weighted by molar-refractivity contribution is 5.81. The molecule has 1 atom stereocenters. The van der Waals surface area contributed by atoms with Crippen molar-refractivity contribution in [3.8, 4) is 0 Å². The molecule has 0 rings (SSSR count). The van der Waals surface area contributed by atoms with Crippen molar-refractivity contribution in [2.24, 2.45) is 5.92 Å². The van der Waals surface area contributed by atoms with E-state index in [4.69, 9.17) is 5.41 Å². The summed E-state index contributed by atoms with van der Waals surface area (Å²) in [7, 11) is 0. The molecule has 0 amide bonds. The molecule has 1 unspecified atom stereocenters. The molecule has 2 nitrogen and oxygen atoms in total. The summed E-state index contributed by atoms with van der Waals surface area (Å²) in [5.41, 5.74) is 0.660. The molecule has 0 aromatic heterocycles. The Morgan fingerprint density at radius 2 is 2.00 bits per heavy atom. The molecule has 0 fully saturated rings. The van der Waals surface area contributed by atoms with Crippen molar-refractivity contribution < 1.29 is 4.79 Å². The second-order valence-electron chi connectivity index (χ2n) is 2.83. The van der Waals surface area contributed by atoms with E-state index in [1.54, 1.807) is 13.8 Å². The van der Waals surface area contributed by atoms with E-state index in [1.165, 1.54) is 0 Å². The molecule has 0 saturated heterocycles. The monoisotopic (exact) mass is 141 g/mol. The predicted octanol–water partition coefficient (Wildman–Crippen LogP) is 2.03. The summed E-state index contributed by atoms with van der Waals surface area (Å²) >= 11 is 0. The summed E-state index contributed by atoms with van der Waals surface area (Å²) in [6.07, 6.45) is 1.57. The van der Waals surface area contributed by atoms with Gasteiger partial charge in [0.2, 0.25) is 0 Å². The van der Waals surface area contributed by atoms with Crippen LogP contribution in [-0.4, -0.2) is 11.5 Å². The Bertz CT molecular complexity index is 140. The molecule has 0 radical (unpaired) electrons. The average molecular weight is 141 g/mol. The Kier molecular flexibility index (Phi) is 3.93. The van der Waals surface area contributed by atoms with Crippen molar-refractivity contribution in [1.82, 2.24) is 0 Å². The van der Waals surface area contributed by atoms with Crippen LogP contribution < -0.4 is 0 Å².